The number of hydrogen-bond donors (Lipinski definition) is 2. The SMILES string of the molecule is Cc1ccc(C(=O)O)cc1N=C1NC(=O)/C(=C\c2ccc(-c3ccccc3[N+](=O)[O-])o2)S1. The van der Waals surface area contributed by atoms with Crippen LogP contribution in [-0.2, 0) is 4.79 Å². The second-order valence-corrected chi connectivity index (χ2v) is 7.80. The number of nitro groups is 1. The highest BCUT2D eigenvalue weighted by molar-refractivity contribution is 8.18. The Kier molecular flexibility index (Phi) is 5.61. The first-order valence-corrected chi connectivity index (χ1v) is 10.1. The number of amides is 1. The van der Waals surface area contributed by atoms with Crippen LogP contribution in [0.15, 0.2) is 68.9 Å². The summed E-state index contributed by atoms with van der Waals surface area (Å²) in [5.41, 5.74) is 1.54. The van der Waals surface area contributed by atoms with Crippen molar-refractivity contribution in [3.63, 3.8) is 0 Å². The van der Waals surface area contributed by atoms with Gasteiger partial charge in [-0.1, -0.05) is 18.2 Å². The molecule has 32 heavy (non-hydrogen) atoms. The Balaban J connectivity index is 1.59. The number of aryl methyl sites for hydroxylation is 1. The van der Waals surface area contributed by atoms with Crippen LogP contribution in [0.4, 0.5) is 11.4 Å². The summed E-state index contributed by atoms with van der Waals surface area (Å²) in [5, 5.41) is 23.3. The molecule has 1 amide bonds. The van der Waals surface area contributed by atoms with Crippen LogP contribution < -0.4 is 5.32 Å². The summed E-state index contributed by atoms with van der Waals surface area (Å²) in [6.07, 6.45) is 1.52. The molecule has 2 heterocycles. The first kappa shape index (κ1) is 21.1. The molecule has 0 spiro atoms. The zero-order valence-corrected chi connectivity index (χ0v) is 17.4. The molecular formula is C22H15N3O6S. The van der Waals surface area contributed by atoms with Crippen molar-refractivity contribution in [2.24, 2.45) is 4.99 Å². The molecule has 4 rings (SSSR count). The smallest absolute Gasteiger partial charge is 0.335 e. The number of thioether (sulfide) groups is 1. The molecule has 1 aromatic heterocycles. The van der Waals surface area contributed by atoms with Crippen molar-refractivity contribution in [1.82, 2.24) is 5.32 Å². The monoisotopic (exact) mass is 449 g/mol. The third kappa shape index (κ3) is 4.30. The Morgan fingerprint density at radius 2 is 2.00 bits per heavy atom. The molecule has 1 aliphatic rings. The van der Waals surface area contributed by atoms with Crippen LogP contribution in [0.25, 0.3) is 17.4 Å². The van der Waals surface area contributed by atoms with Gasteiger partial charge in [0.15, 0.2) is 5.17 Å². The molecule has 2 aromatic carbocycles. The van der Waals surface area contributed by atoms with Gasteiger partial charge < -0.3 is 14.8 Å². The lowest BCUT2D eigenvalue weighted by Crippen LogP contribution is -2.19. The minimum absolute atomic E-state index is 0.0811. The van der Waals surface area contributed by atoms with E-state index in [4.69, 9.17) is 9.52 Å². The number of nitro benzene ring substituents is 1. The van der Waals surface area contributed by atoms with Gasteiger partial charge in [0.1, 0.15) is 11.5 Å². The summed E-state index contributed by atoms with van der Waals surface area (Å²) in [4.78, 5) is 39.0. The lowest BCUT2D eigenvalue weighted by Gasteiger charge is -2.03. The van der Waals surface area contributed by atoms with Gasteiger partial charge in [-0.15, -0.1) is 0 Å². The highest BCUT2D eigenvalue weighted by atomic mass is 32.2. The zero-order chi connectivity index (χ0) is 22.8. The zero-order valence-electron chi connectivity index (χ0n) is 16.6. The Labute approximate surface area is 185 Å². The van der Waals surface area contributed by atoms with Gasteiger partial charge in [-0.2, -0.15) is 0 Å². The van der Waals surface area contributed by atoms with Gasteiger partial charge in [-0.05, 0) is 54.6 Å². The molecule has 0 bridgehead atoms. The van der Waals surface area contributed by atoms with E-state index in [0.717, 1.165) is 17.3 Å². The van der Waals surface area contributed by atoms with E-state index >= 15 is 0 Å². The number of carbonyl (C=O) groups is 2. The van der Waals surface area contributed by atoms with Gasteiger partial charge in [-0.3, -0.25) is 14.9 Å². The number of furan rings is 1. The van der Waals surface area contributed by atoms with Gasteiger partial charge >= 0.3 is 5.97 Å². The number of nitrogens with zero attached hydrogens (tertiary/aromatic N) is 2. The van der Waals surface area contributed by atoms with Crippen molar-refractivity contribution in [3.05, 3.63) is 86.5 Å². The number of rotatable bonds is 5. The van der Waals surface area contributed by atoms with E-state index in [1.165, 1.54) is 24.3 Å². The molecule has 0 unspecified atom stereocenters. The number of carbonyl (C=O) groups excluding carboxylic acids is 1. The summed E-state index contributed by atoms with van der Waals surface area (Å²) in [7, 11) is 0. The second kappa shape index (κ2) is 8.52. The fourth-order valence-corrected chi connectivity index (χ4v) is 3.81. The molecule has 0 atom stereocenters. The average Bonchev–Trinajstić information content (AvgIpc) is 3.36. The van der Waals surface area contributed by atoms with E-state index in [9.17, 15) is 19.7 Å². The molecule has 9 nitrogen and oxygen atoms in total. The normalized spacial score (nSPS) is 15.8. The maximum atomic E-state index is 12.4. The third-order valence-corrected chi connectivity index (χ3v) is 5.51. The molecule has 10 heteroatoms. The summed E-state index contributed by atoms with van der Waals surface area (Å²) in [6.45, 7) is 1.79. The lowest BCUT2D eigenvalue weighted by molar-refractivity contribution is -0.384. The highest BCUT2D eigenvalue weighted by Crippen LogP contribution is 2.33. The molecular weight excluding hydrogens is 434 g/mol. The van der Waals surface area contributed by atoms with Gasteiger partial charge in [0.05, 0.1) is 26.6 Å². The summed E-state index contributed by atoms with van der Waals surface area (Å²) in [6, 6.07) is 14.0. The van der Waals surface area contributed by atoms with E-state index in [0.29, 0.717) is 32.8 Å². The van der Waals surface area contributed by atoms with Crippen LogP contribution in [0.2, 0.25) is 0 Å². The van der Waals surface area contributed by atoms with Crippen LogP contribution >= 0.6 is 11.8 Å². The topological polar surface area (TPSA) is 135 Å². The number of nitrogens with one attached hydrogen (secondary N) is 1. The Morgan fingerprint density at radius 1 is 1.22 bits per heavy atom. The van der Waals surface area contributed by atoms with E-state index in [1.807, 2.05) is 0 Å². The molecule has 1 saturated heterocycles. The van der Waals surface area contributed by atoms with E-state index in [-0.39, 0.29) is 17.2 Å². The fourth-order valence-electron chi connectivity index (χ4n) is 3.00. The maximum absolute atomic E-state index is 12.4. The van der Waals surface area contributed by atoms with Gasteiger partial charge in [-0.25, -0.2) is 9.79 Å². The summed E-state index contributed by atoms with van der Waals surface area (Å²) >= 11 is 1.08. The number of aliphatic imine (C=N–C) groups is 1. The van der Waals surface area contributed by atoms with Crippen molar-refractivity contribution in [3.8, 4) is 11.3 Å². The average molecular weight is 449 g/mol. The third-order valence-electron chi connectivity index (χ3n) is 4.60. The Hall–Kier alpha value is -4.18. The number of benzene rings is 2. The van der Waals surface area contributed by atoms with Crippen LogP contribution in [0.3, 0.4) is 0 Å². The Morgan fingerprint density at radius 3 is 2.75 bits per heavy atom. The minimum atomic E-state index is -1.07. The van der Waals surface area contributed by atoms with Gasteiger partial charge in [0.2, 0.25) is 0 Å². The van der Waals surface area contributed by atoms with Crippen LogP contribution in [0, 0.1) is 17.0 Å². The van der Waals surface area contributed by atoms with Crippen molar-refractivity contribution >= 4 is 46.3 Å². The minimum Gasteiger partial charge on any atom is -0.478 e. The highest BCUT2D eigenvalue weighted by Gasteiger charge is 2.25. The van der Waals surface area contributed by atoms with Crippen LogP contribution in [0.1, 0.15) is 21.7 Å². The van der Waals surface area contributed by atoms with E-state index in [1.54, 1.807) is 43.3 Å². The predicted molar refractivity (Wildman–Crippen MR) is 120 cm³/mol. The maximum Gasteiger partial charge on any atom is 0.335 e. The van der Waals surface area contributed by atoms with E-state index < -0.39 is 10.9 Å². The van der Waals surface area contributed by atoms with Crippen molar-refractivity contribution in [1.29, 1.82) is 0 Å². The summed E-state index contributed by atoms with van der Waals surface area (Å²) < 4.78 is 5.71. The number of carboxylic acid groups (broad SMARTS) is 1. The number of aromatic carboxylic acids is 1. The standard InChI is InChI=1S/C22H15N3O6S/c1-12-6-7-13(21(27)28)10-16(12)23-22-24-20(26)19(32-22)11-14-8-9-18(31-14)15-4-2-3-5-17(15)25(29)30/h2-11H,1H3,(H,27,28)(H,23,24,26)/b19-11+. The largest absolute Gasteiger partial charge is 0.478 e. The molecule has 0 aliphatic carbocycles. The Bertz CT molecular complexity index is 1320. The molecule has 160 valence electrons. The number of para-hydroxylation sites is 1. The molecule has 3 aromatic rings. The number of hydrogen-bond acceptors (Lipinski definition) is 7. The number of amidine groups is 1. The molecule has 1 aliphatic heterocycles. The quantitative estimate of drug-likeness (QED) is 0.326. The van der Waals surface area contributed by atoms with Crippen molar-refractivity contribution in [2.45, 2.75) is 6.92 Å². The second-order valence-electron chi connectivity index (χ2n) is 6.76. The fraction of sp³-hybridized carbons (Fsp3) is 0.0455. The van der Waals surface area contributed by atoms with Crippen LogP contribution in [-0.4, -0.2) is 27.1 Å². The van der Waals surface area contributed by atoms with Crippen LogP contribution in [0.5, 0.6) is 0 Å². The van der Waals surface area contributed by atoms with Crippen molar-refractivity contribution < 1.29 is 24.0 Å². The molecule has 0 radical (unpaired) electrons. The summed E-state index contributed by atoms with van der Waals surface area (Å²) in [5.74, 6) is -0.796. The molecule has 2 N–H and O–H groups in total. The molecule has 1 fully saturated rings. The van der Waals surface area contributed by atoms with Gasteiger partial charge in [0, 0.05) is 12.1 Å². The van der Waals surface area contributed by atoms with Crippen molar-refractivity contribution in [2.75, 3.05) is 0 Å². The first-order valence-electron chi connectivity index (χ1n) is 9.29. The van der Waals surface area contributed by atoms with Gasteiger partial charge in [0.25, 0.3) is 11.6 Å². The lowest BCUT2D eigenvalue weighted by atomic mass is 10.1. The predicted octanol–water partition coefficient (Wildman–Crippen LogP) is 4.75. The number of carboxylic acids is 1. The van der Waals surface area contributed by atoms with E-state index in [2.05, 4.69) is 10.3 Å². The first-order chi connectivity index (χ1) is 15.3. The molecule has 0 saturated carbocycles.